The summed E-state index contributed by atoms with van der Waals surface area (Å²) in [5.74, 6) is 0. The van der Waals surface area contributed by atoms with Gasteiger partial charge >= 0.3 is 0 Å². The second kappa shape index (κ2) is 5.68. The van der Waals surface area contributed by atoms with Gasteiger partial charge in [-0.1, -0.05) is 48.5 Å². The number of benzene rings is 2. The van der Waals surface area contributed by atoms with Crippen molar-refractivity contribution in [1.82, 2.24) is 15.5 Å². The lowest BCUT2D eigenvalue weighted by Gasteiger charge is -2.29. The number of aromatic nitrogens is 2. The zero-order valence-electron chi connectivity index (χ0n) is 12.0. The predicted octanol–water partition coefficient (Wildman–Crippen LogP) is 2.56. The van der Waals surface area contributed by atoms with Crippen LogP contribution in [0.2, 0.25) is 0 Å². The van der Waals surface area contributed by atoms with Gasteiger partial charge in [-0.2, -0.15) is 5.10 Å². The Morgan fingerprint density at radius 3 is 2.57 bits per heavy atom. The fourth-order valence-electron chi connectivity index (χ4n) is 2.49. The summed E-state index contributed by atoms with van der Waals surface area (Å²) in [6, 6.07) is 18.0. The van der Waals surface area contributed by atoms with Gasteiger partial charge in [-0.05, 0) is 18.6 Å². The van der Waals surface area contributed by atoms with Crippen LogP contribution in [0.15, 0.2) is 54.6 Å². The number of aliphatic hydroxyl groups excluding tert-OH is 1. The number of para-hydroxylation sites is 1. The molecule has 4 nitrogen and oxygen atoms in total. The predicted molar refractivity (Wildman–Crippen MR) is 83.8 cm³/mol. The first-order valence-electron chi connectivity index (χ1n) is 7.06. The van der Waals surface area contributed by atoms with Crippen LogP contribution in [0, 0.1) is 0 Å². The van der Waals surface area contributed by atoms with E-state index in [2.05, 4.69) is 21.6 Å². The zero-order valence-corrected chi connectivity index (χ0v) is 12.0. The maximum absolute atomic E-state index is 9.79. The largest absolute Gasteiger partial charge is 0.394 e. The summed E-state index contributed by atoms with van der Waals surface area (Å²) in [5, 5.41) is 21.7. The van der Waals surface area contributed by atoms with Crippen LogP contribution in [-0.2, 0) is 12.1 Å². The lowest BCUT2D eigenvalue weighted by Crippen LogP contribution is -2.42. The van der Waals surface area contributed by atoms with Crippen LogP contribution in [0.3, 0.4) is 0 Å². The van der Waals surface area contributed by atoms with Crippen LogP contribution < -0.4 is 5.32 Å². The Labute approximate surface area is 123 Å². The second-order valence-corrected chi connectivity index (χ2v) is 5.43. The van der Waals surface area contributed by atoms with Crippen LogP contribution in [0.5, 0.6) is 0 Å². The molecule has 3 aromatic rings. The van der Waals surface area contributed by atoms with Crippen LogP contribution in [0.25, 0.3) is 10.9 Å². The topological polar surface area (TPSA) is 60.9 Å². The summed E-state index contributed by atoms with van der Waals surface area (Å²) < 4.78 is 0. The van der Waals surface area contributed by atoms with E-state index in [-0.39, 0.29) is 6.61 Å². The summed E-state index contributed by atoms with van der Waals surface area (Å²) in [7, 11) is 0. The number of H-pyrrole nitrogens is 1. The molecule has 0 aliphatic rings. The minimum absolute atomic E-state index is 0.0308. The first-order chi connectivity index (χ1) is 10.2. The van der Waals surface area contributed by atoms with Crippen molar-refractivity contribution in [1.29, 1.82) is 0 Å². The average molecular weight is 281 g/mol. The SMILES string of the molecule is CC(CO)(NCc1[nH]nc2ccccc12)c1ccccc1. The molecule has 0 saturated carbocycles. The Morgan fingerprint density at radius 1 is 1.10 bits per heavy atom. The summed E-state index contributed by atoms with van der Waals surface area (Å²) >= 11 is 0. The van der Waals surface area contributed by atoms with E-state index < -0.39 is 5.54 Å². The van der Waals surface area contributed by atoms with Crippen LogP contribution in [-0.4, -0.2) is 21.9 Å². The van der Waals surface area contributed by atoms with Gasteiger partial charge in [0.2, 0.25) is 0 Å². The van der Waals surface area contributed by atoms with Crippen molar-refractivity contribution in [2.45, 2.75) is 19.0 Å². The Balaban J connectivity index is 1.82. The molecule has 0 amide bonds. The van der Waals surface area contributed by atoms with Crippen molar-refractivity contribution >= 4 is 10.9 Å². The number of hydrogen-bond donors (Lipinski definition) is 3. The Kier molecular flexibility index (Phi) is 3.73. The minimum atomic E-state index is -0.479. The molecular weight excluding hydrogens is 262 g/mol. The standard InChI is InChI=1S/C17H19N3O/c1-17(12-21,13-7-3-2-4-8-13)18-11-16-14-9-5-6-10-15(14)19-20-16/h2-10,18,21H,11-12H2,1H3,(H,19,20). The lowest BCUT2D eigenvalue weighted by molar-refractivity contribution is 0.173. The summed E-state index contributed by atoms with van der Waals surface area (Å²) in [6.07, 6.45) is 0. The molecule has 2 aromatic carbocycles. The molecule has 0 bridgehead atoms. The summed E-state index contributed by atoms with van der Waals surface area (Å²) in [6.45, 7) is 2.65. The van der Waals surface area contributed by atoms with E-state index in [1.165, 1.54) is 0 Å². The fraction of sp³-hybridized carbons (Fsp3) is 0.235. The maximum atomic E-state index is 9.79. The third-order valence-electron chi connectivity index (χ3n) is 3.92. The van der Waals surface area contributed by atoms with Crippen LogP contribution in [0.4, 0.5) is 0 Å². The number of nitrogens with zero attached hydrogens (tertiary/aromatic N) is 1. The normalized spacial score (nSPS) is 14.2. The van der Waals surface area contributed by atoms with Gasteiger partial charge in [-0.15, -0.1) is 0 Å². The number of fused-ring (bicyclic) bond motifs is 1. The summed E-state index contributed by atoms with van der Waals surface area (Å²) in [5.41, 5.74) is 2.57. The van der Waals surface area contributed by atoms with Gasteiger partial charge in [0.25, 0.3) is 0 Å². The number of hydrogen-bond acceptors (Lipinski definition) is 3. The molecule has 1 heterocycles. The van der Waals surface area contributed by atoms with Crippen molar-refractivity contribution in [3.63, 3.8) is 0 Å². The van der Waals surface area contributed by atoms with E-state index in [4.69, 9.17) is 0 Å². The molecule has 0 spiro atoms. The van der Waals surface area contributed by atoms with Gasteiger partial charge in [-0.25, -0.2) is 0 Å². The van der Waals surface area contributed by atoms with Crippen LogP contribution in [0.1, 0.15) is 18.2 Å². The quantitative estimate of drug-likeness (QED) is 0.673. The molecule has 21 heavy (non-hydrogen) atoms. The van der Waals surface area contributed by atoms with E-state index >= 15 is 0 Å². The molecule has 1 unspecified atom stereocenters. The molecule has 1 aromatic heterocycles. The first-order valence-corrected chi connectivity index (χ1v) is 7.06. The third kappa shape index (κ3) is 2.68. The monoisotopic (exact) mass is 281 g/mol. The third-order valence-corrected chi connectivity index (χ3v) is 3.92. The van der Waals surface area contributed by atoms with Crippen molar-refractivity contribution in [2.75, 3.05) is 6.61 Å². The van der Waals surface area contributed by atoms with Gasteiger partial charge in [0, 0.05) is 11.9 Å². The summed E-state index contributed by atoms with van der Waals surface area (Å²) in [4.78, 5) is 0. The van der Waals surface area contributed by atoms with Gasteiger partial charge in [0.15, 0.2) is 0 Å². The molecule has 1 atom stereocenters. The molecule has 108 valence electrons. The Morgan fingerprint density at radius 2 is 1.81 bits per heavy atom. The second-order valence-electron chi connectivity index (χ2n) is 5.43. The Hall–Kier alpha value is -2.17. The molecule has 4 heteroatoms. The van der Waals surface area contributed by atoms with E-state index in [0.29, 0.717) is 6.54 Å². The van der Waals surface area contributed by atoms with Crippen molar-refractivity contribution in [3.05, 3.63) is 65.9 Å². The van der Waals surface area contributed by atoms with Gasteiger partial charge in [-0.3, -0.25) is 5.10 Å². The van der Waals surface area contributed by atoms with Gasteiger partial charge in [0.05, 0.1) is 23.4 Å². The molecule has 0 fully saturated rings. The molecule has 0 aliphatic heterocycles. The highest BCUT2D eigenvalue weighted by Crippen LogP contribution is 2.22. The van der Waals surface area contributed by atoms with Crippen LogP contribution >= 0.6 is 0 Å². The number of nitrogens with one attached hydrogen (secondary N) is 2. The van der Waals surface area contributed by atoms with E-state index in [9.17, 15) is 5.11 Å². The number of aromatic amines is 1. The highest BCUT2D eigenvalue weighted by atomic mass is 16.3. The van der Waals surface area contributed by atoms with Crippen molar-refractivity contribution < 1.29 is 5.11 Å². The highest BCUT2D eigenvalue weighted by molar-refractivity contribution is 5.81. The number of aliphatic hydroxyl groups is 1. The first kappa shape index (κ1) is 13.8. The molecule has 3 rings (SSSR count). The Bertz CT molecular complexity index is 723. The lowest BCUT2D eigenvalue weighted by atomic mass is 9.93. The van der Waals surface area contributed by atoms with Crippen molar-refractivity contribution in [2.24, 2.45) is 0 Å². The van der Waals surface area contributed by atoms with Crippen molar-refractivity contribution in [3.8, 4) is 0 Å². The zero-order chi connectivity index (χ0) is 14.7. The average Bonchev–Trinajstić information content (AvgIpc) is 2.97. The molecule has 0 aliphatic carbocycles. The number of rotatable bonds is 5. The van der Waals surface area contributed by atoms with E-state index in [0.717, 1.165) is 22.2 Å². The smallest absolute Gasteiger partial charge is 0.0924 e. The van der Waals surface area contributed by atoms with E-state index in [1.807, 2.05) is 55.5 Å². The molecular formula is C17H19N3O. The molecule has 0 radical (unpaired) electrons. The molecule has 0 saturated heterocycles. The fourth-order valence-corrected chi connectivity index (χ4v) is 2.49. The minimum Gasteiger partial charge on any atom is -0.394 e. The molecule has 3 N–H and O–H groups in total. The highest BCUT2D eigenvalue weighted by Gasteiger charge is 2.25. The van der Waals surface area contributed by atoms with E-state index in [1.54, 1.807) is 0 Å². The van der Waals surface area contributed by atoms with Gasteiger partial charge < -0.3 is 10.4 Å². The van der Waals surface area contributed by atoms with Gasteiger partial charge in [0.1, 0.15) is 0 Å². The maximum Gasteiger partial charge on any atom is 0.0924 e.